The van der Waals surface area contributed by atoms with Crippen LogP contribution in [0.3, 0.4) is 0 Å². The number of pyridine rings is 1. The van der Waals surface area contributed by atoms with E-state index in [4.69, 9.17) is 11.6 Å². The van der Waals surface area contributed by atoms with Crippen LogP contribution >= 0.6 is 11.6 Å². The average Bonchev–Trinajstić information content (AvgIpc) is 2.81. The highest BCUT2D eigenvalue weighted by atomic mass is 35.5. The lowest BCUT2D eigenvalue weighted by atomic mass is 10.3. The number of alkyl halides is 2. The molecule has 3 heterocycles. The first kappa shape index (κ1) is 12.0. The first-order valence-corrected chi connectivity index (χ1v) is 5.77. The first-order valence-electron chi connectivity index (χ1n) is 5.39. The van der Waals surface area contributed by atoms with Crippen LogP contribution in [-0.4, -0.2) is 19.4 Å². The third-order valence-electron chi connectivity index (χ3n) is 2.67. The maximum Gasteiger partial charge on any atom is 0.265 e. The Kier molecular flexibility index (Phi) is 2.87. The first-order chi connectivity index (χ1) is 9.15. The predicted molar refractivity (Wildman–Crippen MR) is 66.2 cm³/mol. The molecule has 0 radical (unpaired) electrons. The van der Waals surface area contributed by atoms with Crippen molar-refractivity contribution < 1.29 is 8.78 Å². The van der Waals surface area contributed by atoms with Crippen molar-refractivity contribution in [2.45, 2.75) is 6.43 Å². The van der Waals surface area contributed by atoms with Gasteiger partial charge in [0.1, 0.15) is 5.65 Å². The molecular formula is C12H7ClF2N4. The van der Waals surface area contributed by atoms with E-state index in [1.54, 1.807) is 16.7 Å². The van der Waals surface area contributed by atoms with Gasteiger partial charge in [-0.15, -0.1) is 0 Å². The zero-order valence-electron chi connectivity index (χ0n) is 9.46. The molecule has 0 saturated heterocycles. The molecule has 0 aliphatic carbocycles. The minimum absolute atomic E-state index is 0.0769. The van der Waals surface area contributed by atoms with Crippen LogP contribution in [0.1, 0.15) is 12.0 Å². The Balaban J connectivity index is 2.21. The molecule has 0 atom stereocenters. The molecule has 3 rings (SSSR count). The highest BCUT2D eigenvalue weighted by Crippen LogP contribution is 2.23. The van der Waals surface area contributed by atoms with Gasteiger partial charge in [-0.2, -0.15) is 0 Å². The summed E-state index contributed by atoms with van der Waals surface area (Å²) >= 11 is 5.72. The molecule has 0 fully saturated rings. The summed E-state index contributed by atoms with van der Waals surface area (Å²) in [7, 11) is 0. The Labute approximate surface area is 111 Å². The molecule has 0 unspecified atom stereocenters. The molecule has 19 heavy (non-hydrogen) atoms. The van der Waals surface area contributed by atoms with E-state index >= 15 is 0 Å². The second-order valence-electron chi connectivity index (χ2n) is 3.85. The van der Waals surface area contributed by atoms with E-state index in [1.165, 1.54) is 24.5 Å². The third-order valence-corrected chi connectivity index (χ3v) is 2.85. The van der Waals surface area contributed by atoms with Crippen LogP contribution in [-0.2, 0) is 0 Å². The van der Waals surface area contributed by atoms with Crippen LogP contribution in [0.15, 0.2) is 36.8 Å². The molecule has 3 aromatic rings. The van der Waals surface area contributed by atoms with Crippen LogP contribution in [0.2, 0.25) is 5.28 Å². The number of hydrogen-bond donors (Lipinski definition) is 0. The van der Waals surface area contributed by atoms with E-state index in [0.29, 0.717) is 17.0 Å². The van der Waals surface area contributed by atoms with Crippen molar-refractivity contribution >= 4 is 17.2 Å². The second-order valence-corrected chi connectivity index (χ2v) is 4.18. The zero-order valence-corrected chi connectivity index (χ0v) is 10.2. The molecule has 0 saturated carbocycles. The van der Waals surface area contributed by atoms with Gasteiger partial charge in [-0.05, 0) is 29.8 Å². The Morgan fingerprint density at radius 3 is 2.74 bits per heavy atom. The van der Waals surface area contributed by atoms with Crippen molar-refractivity contribution in [3.8, 4) is 11.4 Å². The lowest BCUT2D eigenvalue weighted by Crippen LogP contribution is -1.94. The molecule has 0 amide bonds. The maximum absolute atomic E-state index is 12.7. The number of aromatic nitrogens is 4. The van der Waals surface area contributed by atoms with Gasteiger partial charge in [-0.25, -0.2) is 23.7 Å². The minimum atomic E-state index is -2.53. The topological polar surface area (TPSA) is 43.1 Å². The Morgan fingerprint density at radius 1 is 1.16 bits per heavy atom. The van der Waals surface area contributed by atoms with E-state index in [9.17, 15) is 8.78 Å². The largest absolute Gasteiger partial charge is 0.298 e. The summed E-state index contributed by atoms with van der Waals surface area (Å²) in [4.78, 5) is 12.0. The van der Waals surface area contributed by atoms with Crippen LogP contribution in [0.4, 0.5) is 8.78 Å². The van der Waals surface area contributed by atoms with Gasteiger partial charge in [0.2, 0.25) is 5.28 Å². The molecule has 0 bridgehead atoms. The molecule has 7 heteroatoms. The summed E-state index contributed by atoms with van der Waals surface area (Å²) in [5.74, 6) is 0. The molecular weight excluding hydrogens is 274 g/mol. The van der Waals surface area contributed by atoms with Crippen molar-refractivity contribution in [3.05, 3.63) is 47.6 Å². The lowest BCUT2D eigenvalue weighted by molar-refractivity contribution is 0.151. The van der Waals surface area contributed by atoms with Gasteiger partial charge in [0.25, 0.3) is 6.43 Å². The smallest absolute Gasteiger partial charge is 0.265 e. The third kappa shape index (κ3) is 2.15. The molecule has 0 spiro atoms. The van der Waals surface area contributed by atoms with Gasteiger partial charge in [0.05, 0.1) is 17.6 Å². The van der Waals surface area contributed by atoms with E-state index in [1.807, 2.05) is 0 Å². The Bertz CT molecular complexity index is 741. The van der Waals surface area contributed by atoms with Crippen molar-refractivity contribution in [2.24, 2.45) is 0 Å². The van der Waals surface area contributed by atoms with E-state index in [-0.39, 0.29) is 10.8 Å². The number of hydrogen-bond acceptors (Lipinski definition) is 3. The highest BCUT2D eigenvalue weighted by molar-refractivity contribution is 6.28. The predicted octanol–water partition coefficient (Wildman–Crippen LogP) is 3.38. The van der Waals surface area contributed by atoms with Crippen molar-refractivity contribution in [2.75, 3.05) is 0 Å². The number of halogens is 3. The fourth-order valence-corrected chi connectivity index (χ4v) is 1.94. The van der Waals surface area contributed by atoms with Gasteiger partial charge in [-0.1, -0.05) is 0 Å². The summed E-state index contributed by atoms with van der Waals surface area (Å²) in [6, 6.07) is 4.53. The van der Waals surface area contributed by atoms with Crippen LogP contribution in [0.5, 0.6) is 0 Å². The second kappa shape index (κ2) is 4.55. The number of rotatable bonds is 2. The summed E-state index contributed by atoms with van der Waals surface area (Å²) in [5.41, 5.74) is 1.60. The van der Waals surface area contributed by atoms with Crippen LogP contribution in [0.25, 0.3) is 17.0 Å². The van der Waals surface area contributed by atoms with Gasteiger partial charge in [-0.3, -0.25) is 4.40 Å². The highest BCUT2D eigenvalue weighted by Gasteiger charge is 2.12. The summed E-state index contributed by atoms with van der Waals surface area (Å²) < 4.78 is 27.0. The van der Waals surface area contributed by atoms with Gasteiger partial charge in [0, 0.05) is 18.0 Å². The SMILES string of the molecule is FC(F)c1ccc2ncc(-c3ccnc(Cl)n3)n2c1. The normalized spacial score (nSPS) is 11.4. The maximum atomic E-state index is 12.7. The van der Waals surface area contributed by atoms with Crippen molar-refractivity contribution in [1.82, 2.24) is 19.4 Å². The standard InChI is InChI=1S/C12H7ClF2N4/c13-12-16-4-3-8(18-12)9-5-17-10-2-1-7(11(14)15)6-19(9)10/h1-6,11H. The molecule has 0 aromatic carbocycles. The van der Waals surface area contributed by atoms with Gasteiger partial charge in [0.15, 0.2) is 0 Å². The minimum Gasteiger partial charge on any atom is -0.298 e. The molecule has 0 aliphatic heterocycles. The molecule has 4 nitrogen and oxygen atoms in total. The average molecular weight is 281 g/mol. The Hall–Kier alpha value is -2.08. The van der Waals surface area contributed by atoms with E-state index in [2.05, 4.69) is 15.0 Å². The summed E-state index contributed by atoms with van der Waals surface area (Å²) in [5, 5.41) is 0.0949. The van der Waals surface area contributed by atoms with E-state index in [0.717, 1.165) is 0 Å². The van der Waals surface area contributed by atoms with Crippen molar-refractivity contribution in [3.63, 3.8) is 0 Å². The lowest BCUT2D eigenvalue weighted by Gasteiger charge is -2.04. The molecule has 0 N–H and O–H groups in total. The summed E-state index contributed by atoms with van der Waals surface area (Å²) in [6.45, 7) is 0. The monoisotopic (exact) mass is 280 g/mol. The van der Waals surface area contributed by atoms with Crippen LogP contribution in [0, 0.1) is 0 Å². The molecule has 3 aromatic heterocycles. The molecule has 0 aliphatic rings. The quantitative estimate of drug-likeness (QED) is 0.676. The van der Waals surface area contributed by atoms with Gasteiger partial charge >= 0.3 is 0 Å². The molecule has 96 valence electrons. The van der Waals surface area contributed by atoms with E-state index < -0.39 is 6.43 Å². The number of imidazole rings is 1. The fourth-order valence-electron chi connectivity index (χ4n) is 1.79. The van der Waals surface area contributed by atoms with Crippen molar-refractivity contribution in [1.29, 1.82) is 0 Å². The van der Waals surface area contributed by atoms with Crippen LogP contribution < -0.4 is 0 Å². The number of nitrogens with zero attached hydrogens (tertiary/aromatic N) is 4. The zero-order chi connectivity index (χ0) is 13.4. The van der Waals surface area contributed by atoms with Gasteiger partial charge < -0.3 is 0 Å². The summed E-state index contributed by atoms with van der Waals surface area (Å²) in [6.07, 6.45) is 1.87. The fraction of sp³-hybridized carbons (Fsp3) is 0.0833. The number of fused-ring (bicyclic) bond motifs is 1. The Morgan fingerprint density at radius 2 is 2.00 bits per heavy atom.